The molecule has 2 fully saturated rings. The van der Waals surface area contributed by atoms with Crippen LogP contribution in [0, 0.1) is 0 Å². The normalized spacial score (nSPS) is 23.9. The van der Waals surface area contributed by atoms with Crippen molar-refractivity contribution in [1.29, 1.82) is 0 Å². The zero-order chi connectivity index (χ0) is 15.2. The predicted molar refractivity (Wildman–Crippen MR) is 72.3 cm³/mol. The Morgan fingerprint density at radius 3 is 2.20 bits per heavy atom. The van der Waals surface area contributed by atoms with Gasteiger partial charge in [-0.05, 0) is 13.3 Å². The maximum atomic E-state index is 8.90. The molecular formula is C13H28O7. The molecule has 0 amide bonds. The molecule has 0 spiro atoms. The summed E-state index contributed by atoms with van der Waals surface area (Å²) in [6.07, 6.45) is 1.23. The molecule has 0 aromatic carbocycles. The van der Waals surface area contributed by atoms with E-state index in [0.717, 1.165) is 19.6 Å². The number of epoxide rings is 2. The van der Waals surface area contributed by atoms with Gasteiger partial charge in [-0.15, -0.1) is 0 Å². The van der Waals surface area contributed by atoms with Gasteiger partial charge >= 0.3 is 0 Å². The molecule has 2 rings (SSSR count). The monoisotopic (exact) mass is 296 g/mol. The van der Waals surface area contributed by atoms with E-state index < -0.39 is 0 Å². The van der Waals surface area contributed by atoms with Crippen LogP contribution in [0.25, 0.3) is 0 Å². The fourth-order valence-corrected chi connectivity index (χ4v) is 0.830. The zero-order valence-corrected chi connectivity index (χ0v) is 12.6. The molecule has 7 nitrogen and oxygen atoms in total. The third kappa shape index (κ3) is 17.7. The average Bonchev–Trinajstić information content (AvgIpc) is 3.35. The van der Waals surface area contributed by atoms with Crippen LogP contribution >= 0.6 is 0 Å². The topological polar surface area (TPSA) is 93.2 Å². The highest BCUT2D eigenvalue weighted by Gasteiger charge is 2.21. The van der Waals surface area contributed by atoms with Crippen molar-refractivity contribution < 1.29 is 33.9 Å². The van der Waals surface area contributed by atoms with E-state index in [1.165, 1.54) is 0 Å². The summed E-state index contributed by atoms with van der Waals surface area (Å²) in [6, 6.07) is 0. The van der Waals surface area contributed by atoms with E-state index in [9.17, 15) is 0 Å². The van der Waals surface area contributed by atoms with Crippen molar-refractivity contribution >= 4 is 0 Å². The minimum absolute atomic E-state index is 0.195. The summed E-state index contributed by atoms with van der Waals surface area (Å²) in [4.78, 5) is 0. The van der Waals surface area contributed by atoms with E-state index in [1.807, 2.05) is 6.92 Å². The highest BCUT2D eigenvalue weighted by molar-refractivity contribution is 4.66. The Kier molecular flexibility index (Phi) is 13.5. The third-order valence-electron chi connectivity index (χ3n) is 2.28. The first-order valence-corrected chi connectivity index (χ1v) is 6.80. The van der Waals surface area contributed by atoms with E-state index in [0.29, 0.717) is 19.3 Å². The molecule has 2 saturated heterocycles. The van der Waals surface area contributed by atoms with Crippen molar-refractivity contribution in [3.63, 3.8) is 0 Å². The molecule has 3 atom stereocenters. The van der Waals surface area contributed by atoms with Crippen molar-refractivity contribution in [2.45, 2.75) is 38.6 Å². The molecule has 7 heteroatoms. The fraction of sp³-hybridized carbons (Fsp3) is 1.00. The van der Waals surface area contributed by atoms with E-state index in [2.05, 4.69) is 16.4 Å². The molecule has 2 aliphatic rings. The molecule has 0 aliphatic carbocycles. The highest BCUT2D eigenvalue weighted by atomic mass is 16.7. The summed E-state index contributed by atoms with van der Waals surface area (Å²) >= 11 is 0. The maximum absolute atomic E-state index is 8.90. The lowest BCUT2D eigenvalue weighted by Crippen LogP contribution is -2.14. The Morgan fingerprint density at radius 2 is 1.85 bits per heavy atom. The first kappa shape index (κ1) is 19.7. The van der Waals surface area contributed by atoms with Crippen LogP contribution in [0.15, 0.2) is 0 Å². The second-order valence-electron chi connectivity index (χ2n) is 4.44. The number of hydrogen-bond donors (Lipinski definition) is 2. The molecule has 2 N–H and O–H groups in total. The summed E-state index contributed by atoms with van der Waals surface area (Å²) in [5.41, 5.74) is 0. The number of aliphatic hydroxyl groups excluding tert-OH is 2. The van der Waals surface area contributed by atoms with Crippen LogP contribution in [0.1, 0.15) is 20.3 Å². The summed E-state index contributed by atoms with van der Waals surface area (Å²) in [6.45, 7) is 6.71. The smallest absolute Gasteiger partial charge is 0.146 e. The van der Waals surface area contributed by atoms with Gasteiger partial charge in [-0.3, -0.25) is 0 Å². The number of ether oxygens (including phenoxy) is 5. The van der Waals surface area contributed by atoms with E-state index in [4.69, 9.17) is 24.4 Å². The third-order valence-corrected chi connectivity index (χ3v) is 2.28. The van der Waals surface area contributed by atoms with Crippen molar-refractivity contribution in [2.24, 2.45) is 0 Å². The minimum atomic E-state index is -0.347. The van der Waals surface area contributed by atoms with Crippen LogP contribution in [0.4, 0.5) is 0 Å². The number of methoxy groups -OCH3 is 1. The Bertz CT molecular complexity index is 195. The highest BCUT2D eigenvalue weighted by Crippen LogP contribution is 2.07. The van der Waals surface area contributed by atoms with Crippen LogP contribution in [0.2, 0.25) is 0 Å². The molecule has 2 heterocycles. The van der Waals surface area contributed by atoms with Gasteiger partial charge in [-0.25, -0.2) is 0 Å². The minimum Gasteiger partial charge on any atom is -0.391 e. The molecule has 122 valence electrons. The summed E-state index contributed by atoms with van der Waals surface area (Å²) in [5.74, 6) is 0. The standard InChI is InChI=1S/C6H14O3.C4H8O3.C3H6O/c1-3-6(7)4-9-5-8-2;5-3-6-1-4-2-7-4;1-3-2-4-3/h6-7H,3-5H2,1-2H3;4-5H,1-3H2;3H,2H2,1H3. The molecule has 0 aromatic rings. The number of hydrogen-bond acceptors (Lipinski definition) is 7. The molecule has 0 bridgehead atoms. The van der Waals surface area contributed by atoms with Crippen LogP contribution in [-0.2, 0) is 23.7 Å². The Labute approximate surface area is 120 Å². The van der Waals surface area contributed by atoms with Gasteiger partial charge < -0.3 is 33.9 Å². The molecule has 20 heavy (non-hydrogen) atoms. The lowest BCUT2D eigenvalue weighted by Gasteiger charge is -2.06. The van der Waals surface area contributed by atoms with Crippen molar-refractivity contribution in [3.05, 3.63) is 0 Å². The molecular weight excluding hydrogens is 268 g/mol. The van der Waals surface area contributed by atoms with Gasteiger partial charge in [0.05, 0.1) is 38.6 Å². The zero-order valence-electron chi connectivity index (χ0n) is 12.6. The van der Waals surface area contributed by atoms with Gasteiger partial charge in [0, 0.05) is 7.11 Å². The summed E-state index contributed by atoms with van der Waals surface area (Å²) in [5, 5.41) is 17.0. The first-order chi connectivity index (χ1) is 9.63. The van der Waals surface area contributed by atoms with Gasteiger partial charge in [0.15, 0.2) is 0 Å². The second kappa shape index (κ2) is 13.7. The average molecular weight is 296 g/mol. The SMILES string of the molecule is CC1CO1.CCC(O)COCOC.OCOCC1CO1. The lowest BCUT2D eigenvalue weighted by atomic mass is 10.3. The number of aliphatic hydroxyl groups is 2. The van der Waals surface area contributed by atoms with Gasteiger partial charge in [-0.1, -0.05) is 6.92 Å². The quantitative estimate of drug-likeness (QED) is 0.374. The van der Waals surface area contributed by atoms with E-state index in [1.54, 1.807) is 7.11 Å². The van der Waals surface area contributed by atoms with Crippen LogP contribution in [0.5, 0.6) is 0 Å². The Balaban J connectivity index is 0.000000288. The van der Waals surface area contributed by atoms with E-state index >= 15 is 0 Å². The summed E-state index contributed by atoms with van der Waals surface area (Å²) in [7, 11) is 1.55. The van der Waals surface area contributed by atoms with Crippen molar-refractivity contribution in [2.75, 3.05) is 47.1 Å². The van der Waals surface area contributed by atoms with Crippen molar-refractivity contribution in [1.82, 2.24) is 0 Å². The second-order valence-corrected chi connectivity index (χ2v) is 4.44. The molecule has 0 saturated carbocycles. The van der Waals surface area contributed by atoms with Crippen LogP contribution < -0.4 is 0 Å². The number of rotatable bonds is 8. The summed E-state index contributed by atoms with van der Waals surface area (Å²) < 4.78 is 23.5. The van der Waals surface area contributed by atoms with Gasteiger partial charge in [0.1, 0.15) is 19.7 Å². The van der Waals surface area contributed by atoms with Crippen LogP contribution in [-0.4, -0.2) is 75.6 Å². The largest absolute Gasteiger partial charge is 0.391 e. The lowest BCUT2D eigenvalue weighted by molar-refractivity contribution is -0.0617. The maximum Gasteiger partial charge on any atom is 0.146 e. The fourth-order valence-electron chi connectivity index (χ4n) is 0.830. The van der Waals surface area contributed by atoms with E-state index in [-0.39, 0.29) is 25.8 Å². The van der Waals surface area contributed by atoms with Crippen LogP contribution in [0.3, 0.4) is 0 Å². The molecule has 2 aliphatic heterocycles. The molecule has 0 aromatic heterocycles. The predicted octanol–water partition coefficient (Wildman–Crippen LogP) is 0.135. The van der Waals surface area contributed by atoms with Gasteiger partial charge in [0.25, 0.3) is 0 Å². The van der Waals surface area contributed by atoms with Crippen molar-refractivity contribution in [3.8, 4) is 0 Å². The molecule has 3 unspecified atom stereocenters. The Morgan fingerprint density at radius 1 is 1.25 bits per heavy atom. The first-order valence-electron chi connectivity index (χ1n) is 6.80. The van der Waals surface area contributed by atoms with Gasteiger partial charge in [-0.2, -0.15) is 0 Å². The Hall–Kier alpha value is -0.280. The molecule has 0 radical (unpaired) electrons. The van der Waals surface area contributed by atoms with Gasteiger partial charge in [0.2, 0.25) is 0 Å².